The molecule has 0 aromatic heterocycles. The van der Waals surface area contributed by atoms with E-state index in [0.717, 1.165) is 13.0 Å². The molecule has 1 aromatic rings. The molecule has 0 N–H and O–H groups in total. The summed E-state index contributed by atoms with van der Waals surface area (Å²) in [6.07, 6.45) is 1.41. The van der Waals surface area contributed by atoms with Gasteiger partial charge >= 0.3 is 0 Å². The van der Waals surface area contributed by atoms with Crippen molar-refractivity contribution in [1.82, 2.24) is 0 Å². The van der Waals surface area contributed by atoms with E-state index >= 15 is 0 Å². The molecule has 1 nitrogen and oxygen atoms in total. The van der Waals surface area contributed by atoms with Gasteiger partial charge in [-0.25, -0.2) is 0 Å². The standard InChI is InChI=1S/C13H17BrO/c1-8(2)13-6-11-10(7-15-13)4-9(3)5-12(11)14/h4-5,8,13H,6-7H2,1-3H3. The summed E-state index contributed by atoms with van der Waals surface area (Å²) in [5.74, 6) is 0.589. The molecule has 0 bridgehead atoms. The Morgan fingerprint density at radius 1 is 1.40 bits per heavy atom. The minimum Gasteiger partial charge on any atom is -0.373 e. The van der Waals surface area contributed by atoms with Crippen molar-refractivity contribution in [3.05, 3.63) is 33.3 Å². The number of hydrogen-bond donors (Lipinski definition) is 0. The van der Waals surface area contributed by atoms with Crippen LogP contribution in [0.25, 0.3) is 0 Å². The van der Waals surface area contributed by atoms with Gasteiger partial charge in [-0.3, -0.25) is 0 Å². The van der Waals surface area contributed by atoms with Crippen molar-refractivity contribution >= 4 is 15.9 Å². The summed E-state index contributed by atoms with van der Waals surface area (Å²) in [6.45, 7) is 7.33. The van der Waals surface area contributed by atoms with Crippen LogP contribution in [0.5, 0.6) is 0 Å². The zero-order chi connectivity index (χ0) is 11.0. The Morgan fingerprint density at radius 2 is 2.13 bits per heavy atom. The minimum atomic E-state index is 0.372. The van der Waals surface area contributed by atoms with Gasteiger partial charge in [-0.1, -0.05) is 35.8 Å². The number of benzene rings is 1. The first-order chi connectivity index (χ1) is 7.08. The zero-order valence-electron chi connectivity index (χ0n) is 9.51. The van der Waals surface area contributed by atoms with E-state index in [-0.39, 0.29) is 0 Å². The molecular formula is C13H17BrO. The van der Waals surface area contributed by atoms with Gasteiger partial charge in [0.05, 0.1) is 12.7 Å². The Balaban J connectivity index is 2.33. The predicted octanol–water partition coefficient (Wildman–Crippen LogP) is 3.85. The lowest BCUT2D eigenvalue weighted by atomic mass is 9.92. The van der Waals surface area contributed by atoms with Gasteiger partial charge in [0.25, 0.3) is 0 Å². The first kappa shape index (κ1) is 11.2. The number of hydrogen-bond acceptors (Lipinski definition) is 1. The van der Waals surface area contributed by atoms with Crippen molar-refractivity contribution < 1.29 is 4.74 Å². The minimum absolute atomic E-state index is 0.372. The summed E-state index contributed by atoms with van der Waals surface area (Å²) >= 11 is 3.65. The molecule has 0 amide bonds. The summed E-state index contributed by atoms with van der Waals surface area (Å²) in [6, 6.07) is 4.43. The van der Waals surface area contributed by atoms with Crippen molar-refractivity contribution in [3.8, 4) is 0 Å². The smallest absolute Gasteiger partial charge is 0.0724 e. The maximum atomic E-state index is 5.86. The number of halogens is 1. The molecule has 82 valence electrons. The fraction of sp³-hybridized carbons (Fsp3) is 0.538. The van der Waals surface area contributed by atoms with Crippen LogP contribution in [0, 0.1) is 12.8 Å². The molecule has 1 unspecified atom stereocenters. The summed E-state index contributed by atoms with van der Waals surface area (Å²) in [5.41, 5.74) is 4.08. The lowest BCUT2D eigenvalue weighted by Gasteiger charge is -2.29. The highest BCUT2D eigenvalue weighted by molar-refractivity contribution is 9.10. The fourth-order valence-corrected chi connectivity index (χ4v) is 2.86. The summed E-state index contributed by atoms with van der Waals surface area (Å²) in [4.78, 5) is 0. The Bertz CT molecular complexity index is 371. The number of fused-ring (bicyclic) bond motifs is 1. The molecule has 1 heterocycles. The SMILES string of the molecule is Cc1cc(Br)c2c(c1)COC(C(C)C)C2. The Morgan fingerprint density at radius 3 is 2.80 bits per heavy atom. The average molecular weight is 269 g/mol. The molecule has 0 radical (unpaired) electrons. The van der Waals surface area contributed by atoms with Gasteiger partial charge in [0.2, 0.25) is 0 Å². The summed E-state index contributed by atoms with van der Waals surface area (Å²) < 4.78 is 7.10. The number of aryl methyl sites for hydroxylation is 1. The van der Waals surface area contributed by atoms with Gasteiger partial charge in [0, 0.05) is 10.9 Å². The summed E-state index contributed by atoms with van der Waals surface area (Å²) in [7, 11) is 0. The normalized spacial score (nSPS) is 20.5. The molecule has 0 saturated heterocycles. The van der Waals surface area contributed by atoms with Crippen LogP contribution in [0.1, 0.15) is 30.5 Å². The van der Waals surface area contributed by atoms with Crippen molar-refractivity contribution in [1.29, 1.82) is 0 Å². The maximum absolute atomic E-state index is 5.86. The molecule has 2 heteroatoms. The van der Waals surface area contributed by atoms with Crippen LogP contribution in [0.4, 0.5) is 0 Å². The molecule has 15 heavy (non-hydrogen) atoms. The predicted molar refractivity (Wildman–Crippen MR) is 66.0 cm³/mol. The number of rotatable bonds is 1. The molecule has 1 aromatic carbocycles. The van der Waals surface area contributed by atoms with E-state index in [1.807, 2.05) is 0 Å². The van der Waals surface area contributed by atoms with Gasteiger partial charge in [-0.05, 0) is 35.6 Å². The first-order valence-corrected chi connectivity index (χ1v) is 6.26. The van der Waals surface area contributed by atoms with Crippen LogP contribution < -0.4 is 0 Å². The van der Waals surface area contributed by atoms with Gasteiger partial charge in [0.1, 0.15) is 0 Å². The second kappa shape index (κ2) is 4.26. The van der Waals surface area contributed by atoms with E-state index in [1.165, 1.54) is 21.2 Å². The van der Waals surface area contributed by atoms with Crippen molar-refractivity contribution in [2.24, 2.45) is 5.92 Å². The molecular weight excluding hydrogens is 252 g/mol. The molecule has 0 fully saturated rings. The highest BCUT2D eigenvalue weighted by Crippen LogP contribution is 2.31. The average Bonchev–Trinajstić information content (AvgIpc) is 2.16. The van der Waals surface area contributed by atoms with E-state index in [1.54, 1.807) is 0 Å². The van der Waals surface area contributed by atoms with Crippen LogP contribution >= 0.6 is 15.9 Å². The van der Waals surface area contributed by atoms with Crippen molar-refractivity contribution in [2.45, 2.75) is 39.9 Å². The van der Waals surface area contributed by atoms with Crippen LogP contribution in [0.2, 0.25) is 0 Å². The van der Waals surface area contributed by atoms with E-state index in [0.29, 0.717) is 12.0 Å². The number of ether oxygens (including phenoxy) is 1. The highest BCUT2D eigenvalue weighted by Gasteiger charge is 2.23. The van der Waals surface area contributed by atoms with Crippen molar-refractivity contribution in [3.63, 3.8) is 0 Å². The zero-order valence-corrected chi connectivity index (χ0v) is 11.1. The maximum Gasteiger partial charge on any atom is 0.0724 e. The van der Waals surface area contributed by atoms with Gasteiger partial charge in [-0.2, -0.15) is 0 Å². The van der Waals surface area contributed by atoms with E-state index in [4.69, 9.17) is 4.74 Å². The topological polar surface area (TPSA) is 9.23 Å². The highest BCUT2D eigenvalue weighted by atomic mass is 79.9. The van der Waals surface area contributed by atoms with Crippen LogP contribution in [0.15, 0.2) is 16.6 Å². The third kappa shape index (κ3) is 2.26. The third-order valence-electron chi connectivity index (χ3n) is 3.03. The summed E-state index contributed by atoms with van der Waals surface area (Å²) in [5, 5.41) is 0. The molecule has 0 saturated carbocycles. The first-order valence-electron chi connectivity index (χ1n) is 5.47. The van der Waals surface area contributed by atoms with Crippen LogP contribution in [-0.4, -0.2) is 6.10 Å². The molecule has 0 aliphatic carbocycles. The quantitative estimate of drug-likeness (QED) is 0.752. The monoisotopic (exact) mass is 268 g/mol. The van der Waals surface area contributed by atoms with Gasteiger partial charge in [-0.15, -0.1) is 0 Å². The molecule has 2 rings (SSSR count). The van der Waals surface area contributed by atoms with Gasteiger partial charge in [0.15, 0.2) is 0 Å². The Kier molecular flexibility index (Phi) is 3.17. The van der Waals surface area contributed by atoms with Crippen LogP contribution in [0.3, 0.4) is 0 Å². The van der Waals surface area contributed by atoms with E-state index in [9.17, 15) is 0 Å². The second-order valence-electron chi connectivity index (χ2n) is 4.68. The van der Waals surface area contributed by atoms with E-state index < -0.39 is 0 Å². The third-order valence-corrected chi connectivity index (χ3v) is 3.74. The lowest BCUT2D eigenvalue weighted by Crippen LogP contribution is -2.27. The lowest BCUT2D eigenvalue weighted by molar-refractivity contribution is -0.000520. The molecule has 1 aliphatic rings. The Hall–Kier alpha value is -0.340. The van der Waals surface area contributed by atoms with Crippen molar-refractivity contribution in [2.75, 3.05) is 0 Å². The Labute approximate surface area is 100.0 Å². The fourth-order valence-electron chi connectivity index (χ4n) is 2.09. The van der Waals surface area contributed by atoms with E-state index in [2.05, 4.69) is 48.8 Å². The van der Waals surface area contributed by atoms with Crippen LogP contribution in [-0.2, 0) is 17.8 Å². The molecule has 1 aliphatic heterocycles. The largest absolute Gasteiger partial charge is 0.373 e. The molecule has 1 atom stereocenters. The van der Waals surface area contributed by atoms with Gasteiger partial charge < -0.3 is 4.74 Å². The molecule has 0 spiro atoms. The second-order valence-corrected chi connectivity index (χ2v) is 5.54.